The summed E-state index contributed by atoms with van der Waals surface area (Å²) in [5.41, 5.74) is 4.99. The number of hydrogen-bond donors (Lipinski definition) is 2. The summed E-state index contributed by atoms with van der Waals surface area (Å²) in [4.78, 5) is 23.6. The Morgan fingerprint density at radius 3 is 2.71 bits per heavy atom. The molecular weight excluding hydrogens is 274 g/mol. The first-order chi connectivity index (χ1) is 9.84. The van der Waals surface area contributed by atoms with Gasteiger partial charge in [-0.25, -0.2) is 0 Å². The van der Waals surface area contributed by atoms with Crippen molar-refractivity contribution in [3.05, 3.63) is 39.4 Å². The van der Waals surface area contributed by atoms with Gasteiger partial charge in [0.2, 0.25) is 5.91 Å². The van der Waals surface area contributed by atoms with Gasteiger partial charge in [0.1, 0.15) is 0 Å². The lowest BCUT2D eigenvalue weighted by molar-refractivity contribution is -0.385. The minimum atomic E-state index is -0.689. The van der Waals surface area contributed by atoms with Gasteiger partial charge < -0.3 is 10.8 Å². The molecule has 0 unspecified atom stereocenters. The number of carbonyl (C=O) groups excluding carboxylic acids is 1. The van der Waals surface area contributed by atoms with E-state index in [1.165, 1.54) is 12.1 Å². The van der Waals surface area contributed by atoms with E-state index < -0.39 is 16.4 Å². The summed E-state index contributed by atoms with van der Waals surface area (Å²) in [5.74, 6) is -0.689. The summed E-state index contributed by atoms with van der Waals surface area (Å²) >= 11 is 0. The molecule has 0 aliphatic carbocycles. The number of likely N-dealkylation sites (tertiary alicyclic amines) is 1. The predicted octanol–water partition coefficient (Wildman–Crippen LogP) is 1.04. The largest absolute Gasteiger partial charge is 0.387 e. The Balaban J connectivity index is 2.11. The number of nitro benzene ring substituents is 1. The molecule has 0 atom stereocenters. The number of nitrogens with two attached hydrogens (primary N) is 1. The molecule has 0 saturated carbocycles. The Labute approximate surface area is 122 Å². The van der Waals surface area contributed by atoms with Gasteiger partial charge in [-0.2, -0.15) is 0 Å². The molecule has 1 aliphatic rings. The maximum absolute atomic E-state index is 11.1. The number of benzene rings is 1. The van der Waals surface area contributed by atoms with Crippen LogP contribution in [-0.4, -0.2) is 39.5 Å². The molecule has 1 amide bonds. The summed E-state index contributed by atoms with van der Waals surface area (Å²) in [5, 5.41) is 21.2. The van der Waals surface area contributed by atoms with Crippen molar-refractivity contribution in [2.45, 2.75) is 31.9 Å². The van der Waals surface area contributed by atoms with Crippen molar-refractivity contribution in [2.24, 2.45) is 5.73 Å². The van der Waals surface area contributed by atoms with E-state index in [1.54, 1.807) is 6.07 Å². The number of nitro groups is 1. The quantitative estimate of drug-likeness (QED) is 0.601. The second-order valence-electron chi connectivity index (χ2n) is 5.58. The first-order valence-corrected chi connectivity index (χ1v) is 6.86. The van der Waals surface area contributed by atoms with Gasteiger partial charge in [-0.05, 0) is 12.5 Å². The SMILES string of the molecule is CCCC1(O)CN(Cc2ccc(C(N)=O)cc2[N+](=O)[O-])C1. The van der Waals surface area contributed by atoms with Gasteiger partial charge in [-0.15, -0.1) is 0 Å². The topological polar surface area (TPSA) is 110 Å². The van der Waals surface area contributed by atoms with Crippen molar-refractivity contribution in [1.29, 1.82) is 0 Å². The molecule has 1 heterocycles. The molecule has 2 rings (SSSR count). The number of carbonyl (C=O) groups is 1. The van der Waals surface area contributed by atoms with Crippen LogP contribution in [0.15, 0.2) is 18.2 Å². The molecule has 3 N–H and O–H groups in total. The zero-order valence-corrected chi connectivity index (χ0v) is 11.9. The fourth-order valence-corrected chi connectivity index (χ4v) is 2.78. The van der Waals surface area contributed by atoms with Crippen LogP contribution in [0.4, 0.5) is 5.69 Å². The first-order valence-electron chi connectivity index (χ1n) is 6.86. The number of aliphatic hydroxyl groups is 1. The normalized spacial score (nSPS) is 17.2. The van der Waals surface area contributed by atoms with E-state index in [1.807, 2.05) is 11.8 Å². The minimum Gasteiger partial charge on any atom is -0.387 e. The summed E-state index contributed by atoms with van der Waals surface area (Å²) in [6.45, 7) is 3.40. The van der Waals surface area contributed by atoms with Crippen molar-refractivity contribution in [1.82, 2.24) is 4.90 Å². The summed E-state index contributed by atoms with van der Waals surface area (Å²) in [6.07, 6.45) is 1.63. The van der Waals surface area contributed by atoms with E-state index >= 15 is 0 Å². The lowest BCUT2D eigenvalue weighted by Crippen LogP contribution is -2.60. The van der Waals surface area contributed by atoms with Crippen molar-refractivity contribution in [2.75, 3.05) is 13.1 Å². The monoisotopic (exact) mass is 293 g/mol. The molecule has 0 spiro atoms. The number of rotatable bonds is 6. The summed E-state index contributed by atoms with van der Waals surface area (Å²) < 4.78 is 0. The van der Waals surface area contributed by atoms with Crippen molar-refractivity contribution >= 4 is 11.6 Å². The molecule has 114 valence electrons. The molecule has 1 fully saturated rings. The maximum Gasteiger partial charge on any atom is 0.274 e. The van der Waals surface area contributed by atoms with E-state index in [-0.39, 0.29) is 11.3 Å². The second kappa shape index (κ2) is 5.79. The highest BCUT2D eigenvalue weighted by Crippen LogP contribution is 2.29. The van der Waals surface area contributed by atoms with Crippen LogP contribution in [-0.2, 0) is 6.54 Å². The van der Waals surface area contributed by atoms with E-state index in [0.29, 0.717) is 25.2 Å². The van der Waals surface area contributed by atoms with Gasteiger partial charge >= 0.3 is 0 Å². The van der Waals surface area contributed by atoms with E-state index in [2.05, 4.69) is 0 Å². The highest BCUT2D eigenvalue weighted by atomic mass is 16.6. The van der Waals surface area contributed by atoms with Gasteiger partial charge in [-0.3, -0.25) is 19.8 Å². The van der Waals surface area contributed by atoms with Crippen LogP contribution >= 0.6 is 0 Å². The molecule has 1 aliphatic heterocycles. The Kier molecular flexibility index (Phi) is 4.24. The van der Waals surface area contributed by atoms with Crippen molar-refractivity contribution in [3.63, 3.8) is 0 Å². The average molecular weight is 293 g/mol. The van der Waals surface area contributed by atoms with Gasteiger partial charge in [0.25, 0.3) is 5.69 Å². The summed E-state index contributed by atoms with van der Waals surface area (Å²) in [6, 6.07) is 4.24. The van der Waals surface area contributed by atoms with Crippen molar-refractivity contribution in [3.8, 4) is 0 Å². The molecule has 1 aromatic rings. The van der Waals surface area contributed by atoms with Gasteiger partial charge in [-0.1, -0.05) is 19.4 Å². The van der Waals surface area contributed by atoms with Gasteiger partial charge in [0.15, 0.2) is 0 Å². The van der Waals surface area contributed by atoms with E-state index in [9.17, 15) is 20.0 Å². The fourth-order valence-electron chi connectivity index (χ4n) is 2.78. The fraction of sp³-hybridized carbons (Fsp3) is 0.500. The Hall–Kier alpha value is -1.99. The van der Waals surface area contributed by atoms with Crippen LogP contribution in [0.3, 0.4) is 0 Å². The number of nitrogens with zero attached hydrogens (tertiary/aromatic N) is 2. The highest BCUT2D eigenvalue weighted by Gasteiger charge is 2.40. The molecule has 7 nitrogen and oxygen atoms in total. The zero-order valence-electron chi connectivity index (χ0n) is 11.9. The van der Waals surface area contributed by atoms with Gasteiger partial charge in [0, 0.05) is 36.8 Å². The maximum atomic E-state index is 11.1. The first kappa shape index (κ1) is 15.4. The molecule has 7 heteroatoms. The van der Waals surface area contributed by atoms with Crippen LogP contribution in [0.25, 0.3) is 0 Å². The van der Waals surface area contributed by atoms with Crippen LogP contribution < -0.4 is 5.73 Å². The standard InChI is InChI=1S/C14H19N3O4/c1-2-5-14(19)8-16(9-14)7-11-4-3-10(13(15)18)6-12(11)17(20)21/h3-4,6,19H,2,5,7-9H2,1H3,(H2,15,18). The number of hydrogen-bond acceptors (Lipinski definition) is 5. The molecule has 1 saturated heterocycles. The molecule has 21 heavy (non-hydrogen) atoms. The molecule has 1 aromatic carbocycles. The van der Waals surface area contributed by atoms with Crippen LogP contribution in [0.1, 0.15) is 35.7 Å². The Bertz CT molecular complexity index is 567. The minimum absolute atomic E-state index is 0.114. The van der Waals surface area contributed by atoms with E-state index in [4.69, 9.17) is 5.73 Å². The molecule has 0 aromatic heterocycles. The van der Waals surface area contributed by atoms with Crippen LogP contribution in [0, 0.1) is 10.1 Å². The Morgan fingerprint density at radius 1 is 1.52 bits per heavy atom. The van der Waals surface area contributed by atoms with Crippen LogP contribution in [0.5, 0.6) is 0 Å². The molecule has 0 bridgehead atoms. The van der Waals surface area contributed by atoms with E-state index in [0.717, 1.165) is 12.8 Å². The summed E-state index contributed by atoms with van der Waals surface area (Å²) in [7, 11) is 0. The zero-order chi connectivity index (χ0) is 15.6. The molecule has 0 radical (unpaired) electrons. The van der Waals surface area contributed by atoms with Gasteiger partial charge in [0.05, 0.1) is 10.5 Å². The smallest absolute Gasteiger partial charge is 0.274 e. The Morgan fingerprint density at radius 2 is 2.19 bits per heavy atom. The number of amides is 1. The highest BCUT2D eigenvalue weighted by molar-refractivity contribution is 5.93. The van der Waals surface area contributed by atoms with Crippen LogP contribution in [0.2, 0.25) is 0 Å². The second-order valence-corrected chi connectivity index (χ2v) is 5.58. The third-order valence-corrected chi connectivity index (χ3v) is 3.71. The number of primary amides is 1. The molecular formula is C14H19N3O4. The number of β-amino-alcohol motifs (C(OH)–C–C–N with tert-alkyl or cyclic N) is 1. The third kappa shape index (κ3) is 3.37. The van der Waals surface area contributed by atoms with Crippen molar-refractivity contribution < 1.29 is 14.8 Å². The lowest BCUT2D eigenvalue weighted by Gasteiger charge is -2.46. The lowest BCUT2D eigenvalue weighted by atomic mass is 9.89. The third-order valence-electron chi connectivity index (χ3n) is 3.71. The predicted molar refractivity (Wildman–Crippen MR) is 76.7 cm³/mol. The average Bonchev–Trinajstić information content (AvgIpc) is 2.37.